The summed E-state index contributed by atoms with van der Waals surface area (Å²) in [4.78, 5) is 32.5. The van der Waals surface area contributed by atoms with Crippen molar-refractivity contribution in [3.63, 3.8) is 0 Å². The Morgan fingerprint density at radius 1 is 1.03 bits per heavy atom. The Kier molecular flexibility index (Phi) is 6.30. The van der Waals surface area contributed by atoms with Crippen molar-refractivity contribution in [2.45, 2.75) is 25.8 Å². The van der Waals surface area contributed by atoms with Gasteiger partial charge in [-0.05, 0) is 49.1 Å². The Balaban J connectivity index is 1.23. The second-order valence-corrected chi connectivity index (χ2v) is 10.5. The molecule has 0 atom stereocenters. The van der Waals surface area contributed by atoms with E-state index < -0.39 is 0 Å². The zero-order valence-corrected chi connectivity index (χ0v) is 21.0. The molecule has 0 saturated carbocycles. The number of carbonyl (C=O) groups is 1. The van der Waals surface area contributed by atoms with Gasteiger partial charge in [-0.3, -0.25) is 9.69 Å². The van der Waals surface area contributed by atoms with Gasteiger partial charge in [0.15, 0.2) is 0 Å². The summed E-state index contributed by atoms with van der Waals surface area (Å²) in [6.07, 6.45) is 3.49. The summed E-state index contributed by atoms with van der Waals surface area (Å²) in [5, 5.41) is 1.25. The second-order valence-electron chi connectivity index (χ2n) is 9.40. The number of amides is 1. The number of nitrogens with zero attached hydrogens (tertiary/aromatic N) is 5. The van der Waals surface area contributed by atoms with Crippen molar-refractivity contribution in [1.29, 1.82) is 0 Å². The number of piperazine rings is 1. The number of anilines is 1. The minimum atomic E-state index is 0.0737. The topological polar surface area (TPSA) is 71.0 Å². The SMILES string of the molecule is COc1ccc(C(=O)N2CCN(c3nc(CN4CCOCC4)nc4sc5c(c34)CCC5)CC2)cc1. The van der Waals surface area contributed by atoms with E-state index in [1.54, 1.807) is 7.11 Å². The highest BCUT2D eigenvalue weighted by molar-refractivity contribution is 7.19. The minimum Gasteiger partial charge on any atom is -0.497 e. The number of methoxy groups -OCH3 is 1. The molecule has 2 fully saturated rings. The van der Waals surface area contributed by atoms with Crippen LogP contribution < -0.4 is 9.64 Å². The molecule has 0 spiro atoms. The average Bonchev–Trinajstić information content (AvgIpc) is 3.50. The van der Waals surface area contributed by atoms with Crippen LogP contribution in [-0.2, 0) is 24.1 Å². The van der Waals surface area contributed by atoms with Crippen LogP contribution in [0.4, 0.5) is 5.82 Å². The van der Waals surface area contributed by atoms with Gasteiger partial charge in [0.2, 0.25) is 0 Å². The van der Waals surface area contributed by atoms with E-state index in [1.165, 1.54) is 22.2 Å². The van der Waals surface area contributed by atoms with E-state index in [9.17, 15) is 4.79 Å². The lowest BCUT2D eigenvalue weighted by Crippen LogP contribution is -2.49. The number of ether oxygens (including phenoxy) is 2. The van der Waals surface area contributed by atoms with Crippen molar-refractivity contribution in [2.24, 2.45) is 0 Å². The maximum absolute atomic E-state index is 13.1. The number of thiophene rings is 1. The lowest BCUT2D eigenvalue weighted by atomic mass is 10.1. The third-order valence-corrected chi connectivity index (χ3v) is 8.45. The van der Waals surface area contributed by atoms with Crippen molar-refractivity contribution in [1.82, 2.24) is 19.8 Å². The number of carbonyl (C=O) groups excluding carboxylic acids is 1. The number of rotatable bonds is 5. The van der Waals surface area contributed by atoms with Crippen LogP contribution in [0.2, 0.25) is 0 Å². The lowest BCUT2D eigenvalue weighted by Gasteiger charge is -2.36. The van der Waals surface area contributed by atoms with Gasteiger partial charge < -0.3 is 19.3 Å². The van der Waals surface area contributed by atoms with E-state index in [4.69, 9.17) is 19.4 Å². The first-order valence-electron chi connectivity index (χ1n) is 12.5. The Morgan fingerprint density at radius 3 is 2.54 bits per heavy atom. The molecule has 3 aliphatic rings. The van der Waals surface area contributed by atoms with Crippen molar-refractivity contribution < 1.29 is 14.3 Å². The molecule has 1 aliphatic carbocycles. The minimum absolute atomic E-state index is 0.0737. The molecule has 0 radical (unpaired) electrons. The molecular formula is C26H31N5O3S. The van der Waals surface area contributed by atoms with Crippen LogP contribution in [0.15, 0.2) is 24.3 Å². The van der Waals surface area contributed by atoms with Gasteiger partial charge in [-0.25, -0.2) is 9.97 Å². The van der Waals surface area contributed by atoms with Gasteiger partial charge in [0.25, 0.3) is 5.91 Å². The molecule has 3 aromatic rings. The molecule has 0 N–H and O–H groups in total. The molecule has 35 heavy (non-hydrogen) atoms. The Bertz CT molecular complexity index is 1210. The van der Waals surface area contributed by atoms with Crippen molar-refractivity contribution in [3.8, 4) is 5.75 Å². The van der Waals surface area contributed by atoms with Gasteiger partial charge in [0.05, 0.1) is 32.3 Å². The number of hydrogen-bond donors (Lipinski definition) is 0. The molecule has 1 aromatic carbocycles. The highest BCUT2D eigenvalue weighted by atomic mass is 32.1. The average molecular weight is 494 g/mol. The van der Waals surface area contributed by atoms with E-state index in [0.717, 1.165) is 81.0 Å². The van der Waals surface area contributed by atoms with Crippen molar-refractivity contribution >= 4 is 33.3 Å². The molecule has 9 heteroatoms. The summed E-state index contributed by atoms with van der Waals surface area (Å²) in [6.45, 7) is 7.05. The second kappa shape index (κ2) is 9.72. The van der Waals surface area contributed by atoms with Gasteiger partial charge in [-0.2, -0.15) is 0 Å². The van der Waals surface area contributed by atoms with Crippen LogP contribution in [0.25, 0.3) is 10.2 Å². The van der Waals surface area contributed by atoms with Crippen LogP contribution in [-0.4, -0.2) is 85.3 Å². The van der Waals surface area contributed by atoms with Crippen LogP contribution in [0, 0.1) is 0 Å². The normalized spacial score (nSPS) is 18.8. The summed E-state index contributed by atoms with van der Waals surface area (Å²) in [5.74, 6) is 2.79. The zero-order valence-electron chi connectivity index (χ0n) is 20.2. The quantitative estimate of drug-likeness (QED) is 0.541. The van der Waals surface area contributed by atoms with E-state index in [2.05, 4.69) is 9.80 Å². The van der Waals surface area contributed by atoms with Gasteiger partial charge in [0.1, 0.15) is 22.2 Å². The third kappa shape index (κ3) is 4.48. The van der Waals surface area contributed by atoms with E-state index in [0.29, 0.717) is 18.7 Å². The molecule has 184 valence electrons. The first-order valence-corrected chi connectivity index (χ1v) is 13.3. The van der Waals surface area contributed by atoms with Crippen LogP contribution in [0.3, 0.4) is 0 Å². The van der Waals surface area contributed by atoms with Crippen molar-refractivity contribution in [3.05, 3.63) is 46.1 Å². The molecule has 1 amide bonds. The van der Waals surface area contributed by atoms with Gasteiger partial charge >= 0.3 is 0 Å². The lowest BCUT2D eigenvalue weighted by molar-refractivity contribution is 0.0331. The Hall–Kier alpha value is -2.75. The smallest absolute Gasteiger partial charge is 0.253 e. The summed E-state index contributed by atoms with van der Waals surface area (Å²) in [5.41, 5.74) is 2.15. The Labute approximate surface area is 209 Å². The molecule has 0 bridgehead atoms. The molecule has 4 heterocycles. The molecule has 2 aliphatic heterocycles. The fraction of sp³-hybridized carbons (Fsp3) is 0.500. The molecule has 8 nitrogen and oxygen atoms in total. The van der Waals surface area contributed by atoms with Gasteiger partial charge in [-0.15, -0.1) is 11.3 Å². The summed E-state index contributed by atoms with van der Waals surface area (Å²) in [7, 11) is 1.63. The number of hydrogen-bond acceptors (Lipinski definition) is 8. The maximum Gasteiger partial charge on any atom is 0.253 e. The summed E-state index contributed by atoms with van der Waals surface area (Å²) >= 11 is 1.85. The Morgan fingerprint density at radius 2 is 1.80 bits per heavy atom. The molecule has 6 rings (SSSR count). The van der Waals surface area contributed by atoms with Gasteiger partial charge in [-0.1, -0.05) is 0 Å². The number of benzene rings is 1. The molecule has 0 unspecified atom stereocenters. The number of aryl methyl sites for hydroxylation is 2. The highest BCUT2D eigenvalue weighted by Crippen LogP contribution is 2.41. The predicted molar refractivity (Wildman–Crippen MR) is 137 cm³/mol. The van der Waals surface area contributed by atoms with Crippen LogP contribution >= 0.6 is 11.3 Å². The number of morpholine rings is 1. The highest BCUT2D eigenvalue weighted by Gasteiger charge is 2.28. The van der Waals surface area contributed by atoms with Gasteiger partial charge in [0, 0.05) is 49.7 Å². The molecular weight excluding hydrogens is 462 g/mol. The fourth-order valence-electron chi connectivity index (χ4n) is 5.32. The van der Waals surface area contributed by atoms with E-state index in [-0.39, 0.29) is 5.91 Å². The predicted octanol–water partition coefficient (Wildman–Crippen LogP) is 2.98. The molecule has 2 aromatic heterocycles. The van der Waals surface area contributed by atoms with E-state index in [1.807, 2.05) is 40.5 Å². The summed E-state index contributed by atoms with van der Waals surface area (Å²) < 4.78 is 10.7. The maximum atomic E-state index is 13.1. The van der Waals surface area contributed by atoms with Crippen LogP contribution in [0.5, 0.6) is 5.75 Å². The standard InChI is InChI=1S/C26H31N5O3S/c1-33-19-7-5-18(6-8-19)26(32)31-11-9-30(10-12-31)24-23-20-3-2-4-21(20)35-25(23)28-22(27-24)17-29-13-15-34-16-14-29/h5-8H,2-4,9-17H2,1H3. The van der Waals surface area contributed by atoms with E-state index >= 15 is 0 Å². The number of fused-ring (bicyclic) bond motifs is 3. The first kappa shape index (κ1) is 22.7. The summed E-state index contributed by atoms with van der Waals surface area (Å²) in [6, 6.07) is 7.37. The zero-order chi connectivity index (χ0) is 23.8. The monoisotopic (exact) mass is 493 g/mol. The largest absolute Gasteiger partial charge is 0.497 e. The third-order valence-electron chi connectivity index (χ3n) is 7.26. The van der Waals surface area contributed by atoms with Crippen LogP contribution in [0.1, 0.15) is 33.0 Å². The molecule has 2 saturated heterocycles. The fourth-order valence-corrected chi connectivity index (χ4v) is 6.59. The number of aromatic nitrogens is 2. The first-order chi connectivity index (χ1) is 17.2. The van der Waals surface area contributed by atoms with Crippen molar-refractivity contribution in [2.75, 3.05) is 64.5 Å².